The number of halogens is 9. The molecule has 54 heavy (non-hydrogen) atoms. The van der Waals surface area contributed by atoms with Gasteiger partial charge in [0.25, 0.3) is 10.0 Å². The molecule has 3 aromatic rings. The summed E-state index contributed by atoms with van der Waals surface area (Å²) in [6, 6.07) is 31.2. The lowest BCUT2D eigenvalue weighted by atomic mass is 10.2. The molecule has 0 bridgehead atoms. The molecular weight excluding hydrogens is 830 g/mol. The summed E-state index contributed by atoms with van der Waals surface area (Å²) in [6.07, 6.45) is 0.119. The third-order valence-electron chi connectivity index (χ3n) is 7.77. The summed E-state index contributed by atoms with van der Waals surface area (Å²) in [5, 5.41) is -14.4. The van der Waals surface area contributed by atoms with Crippen molar-refractivity contribution in [2.45, 2.75) is 49.1 Å². The van der Waals surface area contributed by atoms with Gasteiger partial charge in [-0.2, -0.15) is 43.8 Å². The molecule has 5 rings (SSSR count). The van der Waals surface area contributed by atoms with E-state index in [1.165, 1.54) is 19.6 Å². The van der Waals surface area contributed by atoms with Crippen LogP contribution < -0.4 is 0 Å². The Hall–Kier alpha value is -3.42. The molecule has 298 valence electrons. The number of benzene rings is 3. The topological polar surface area (TPSA) is 149 Å². The molecule has 2 aliphatic rings. The number of nitrogens with zero attached hydrogens (tertiary/aromatic N) is 3. The predicted molar refractivity (Wildman–Crippen MR) is 175 cm³/mol. The second-order valence-electron chi connectivity index (χ2n) is 11.2. The Labute approximate surface area is 306 Å². The Morgan fingerprint density at radius 1 is 0.611 bits per heavy atom. The SMILES string of the molecule is O=C1OCCC1N1CCN(S(=O)(=O)C(F)(F)C(F)(F)C(F)(F)S(=O)(=O)[N-]S(=O)(=O)C(F)(F)F)CC1.c1ccc([S+](c2ccccc2)c2ccccc2)cc1. The van der Waals surface area contributed by atoms with E-state index in [9.17, 15) is 69.6 Å². The van der Waals surface area contributed by atoms with Crippen LogP contribution in [0.5, 0.6) is 0 Å². The number of sulfonamides is 3. The molecule has 2 saturated heterocycles. The Bertz CT molecular complexity index is 2000. The van der Waals surface area contributed by atoms with E-state index in [2.05, 4.69) is 95.7 Å². The first-order chi connectivity index (χ1) is 24.9. The Kier molecular flexibility index (Phi) is 12.8. The number of hydrogen-bond donors (Lipinski definition) is 0. The number of hydrogen-bond acceptors (Lipinski definition) is 9. The summed E-state index contributed by atoms with van der Waals surface area (Å²) in [4.78, 5) is 16.8. The van der Waals surface area contributed by atoms with Gasteiger partial charge in [0.15, 0.2) is 34.7 Å². The lowest BCUT2D eigenvalue weighted by molar-refractivity contribution is -0.244. The minimum atomic E-state index is -7.95. The Morgan fingerprint density at radius 3 is 1.37 bits per heavy atom. The Balaban J connectivity index is 0.000000284. The van der Waals surface area contributed by atoms with Gasteiger partial charge >= 0.3 is 27.9 Å². The summed E-state index contributed by atoms with van der Waals surface area (Å²) in [7, 11) is -22.3. The summed E-state index contributed by atoms with van der Waals surface area (Å²) >= 11 is 0. The van der Waals surface area contributed by atoms with Crippen molar-refractivity contribution in [1.29, 1.82) is 0 Å². The molecule has 2 fully saturated rings. The minimum Gasteiger partial charge on any atom is -0.464 e. The van der Waals surface area contributed by atoms with Crippen molar-refractivity contribution in [3.8, 4) is 0 Å². The van der Waals surface area contributed by atoms with Gasteiger partial charge < -0.3 is 8.86 Å². The molecule has 0 radical (unpaired) electrons. The van der Waals surface area contributed by atoms with Crippen LogP contribution in [-0.2, 0) is 50.5 Å². The average Bonchev–Trinajstić information content (AvgIpc) is 3.54. The number of piperazine rings is 1. The molecule has 0 aliphatic carbocycles. The van der Waals surface area contributed by atoms with E-state index in [0.717, 1.165) is 0 Å². The highest BCUT2D eigenvalue weighted by Crippen LogP contribution is 2.53. The molecule has 1 atom stereocenters. The van der Waals surface area contributed by atoms with Crippen molar-refractivity contribution >= 4 is 46.9 Å². The molecule has 3 aromatic carbocycles. The lowest BCUT2D eigenvalue weighted by Gasteiger charge is -2.40. The van der Waals surface area contributed by atoms with E-state index >= 15 is 0 Å². The molecule has 0 spiro atoms. The first-order valence-corrected chi connectivity index (χ1v) is 20.7. The van der Waals surface area contributed by atoms with Crippen LogP contribution in [0.3, 0.4) is 0 Å². The van der Waals surface area contributed by atoms with Crippen LogP contribution in [-0.4, -0.2) is 101 Å². The largest absolute Gasteiger partial charge is 0.480 e. The van der Waals surface area contributed by atoms with Crippen LogP contribution in [0.25, 0.3) is 4.13 Å². The molecule has 0 amide bonds. The summed E-state index contributed by atoms with van der Waals surface area (Å²) in [6.45, 7) is -3.25. The highest BCUT2D eigenvalue weighted by Gasteiger charge is 2.81. The van der Waals surface area contributed by atoms with Gasteiger partial charge in [-0.15, -0.1) is 0 Å². The molecule has 2 aliphatic heterocycles. The fourth-order valence-corrected chi connectivity index (χ4v) is 10.8. The first kappa shape index (κ1) is 43.3. The lowest BCUT2D eigenvalue weighted by Crippen LogP contribution is -2.65. The van der Waals surface area contributed by atoms with E-state index < -0.39 is 94.5 Å². The quantitative estimate of drug-likeness (QED) is 0.140. The smallest absolute Gasteiger partial charge is 0.464 e. The monoisotopic (exact) mass is 857 g/mol. The van der Waals surface area contributed by atoms with Gasteiger partial charge in [0, 0.05) is 32.6 Å². The highest BCUT2D eigenvalue weighted by molar-refractivity contribution is 8.13. The van der Waals surface area contributed by atoms with Gasteiger partial charge in [-0.05, 0) is 36.4 Å². The van der Waals surface area contributed by atoms with E-state index in [0.29, 0.717) is 4.13 Å². The standard InChI is InChI=1S/C18H15S.C12H13F9N3O8S3/c1-4-10-16(11-5-1)19(17-12-6-2-7-13-17)18-14-8-3-9-15-18;13-9(14,10(15,16)33(26,27)22-34(28,29)12(19,20)21)11(17,18)35(30,31)24-4-2-23(3-5-24)7-1-6-32-8(7)25/h1-15H;7H,1-6H2/q+1;-1. The van der Waals surface area contributed by atoms with Gasteiger partial charge in [-0.25, -0.2) is 25.3 Å². The molecule has 0 saturated carbocycles. The summed E-state index contributed by atoms with van der Waals surface area (Å²) in [5.74, 6) is -8.25. The van der Waals surface area contributed by atoms with Gasteiger partial charge in [-0.3, -0.25) is 9.69 Å². The molecule has 0 N–H and O–H groups in total. The van der Waals surface area contributed by atoms with Crippen molar-refractivity contribution in [2.75, 3.05) is 32.8 Å². The van der Waals surface area contributed by atoms with Gasteiger partial charge in [0.2, 0.25) is 0 Å². The van der Waals surface area contributed by atoms with Crippen LogP contribution in [0.4, 0.5) is 39.5 Å². The second-order valence-corrected chi connectivity index (χ2v) is 18.7. The normalized spacial score (nSPS) is 18.6. The number of rotatable bonds is 11. The van der Waals surface area contributed by atoms with Crippen molar-refractivity contribution in [3.63, 3.8) is 0 Å². The molecule has 11 nitrogen and oxygen atoms in total. The average molecular weight is 858 g/mol. The maximum absolute atomic E-state index is 14.3. The first-order valence-electron chi connectivity index (χ1n) is 15.1. The second kappa shape index (κ2) is 16.0. The van der Waals surface area contributed by atoms with Crippen LogP contribution in [0.15, 0.2) is 106 Å². The maximum atomic E-state index is 14.3. The number of cyclic esters (lactones) is 1. The number of carbonyl (C=O) groups excluding carboxylic acids is 1. The van der Waals surface area contributed by atoms with Crippen molar-refractivity contribution in [2.24, 2.45) is 0 Å². The highest BCUT2D eigenvalue weighted by atomic mass is 32.3. The van der Waals surface area contributed by atoms with Crippen LogP contribution in [0.1, 0.15) is 6.42 Å². The van der Waals surface area contributed by atoms with Crippen molar-refractivity contribution < 1.29 is 74.3 Å². The molecule has 24 heteroatoms. The van der Waals surface area contributed by atoms with E-state index in [-0.39, 0.29) is 23.9 Å². The zero-order valence-corrected chi connectivity index (χ0v) is 30.4. The summed E-state index contributed by atoms with van der Waals surface area (Å²) in [5.41, 5.74) is -6.70. The fourth-order valence-electron chi connectivity index (χ4n) is 5.02. The molecular formula is C30H28F9N3O8S4. The van der Waals surface area contributed by atoms with Gasteiger partial charge in [0.1, 0.15) is 6.04 Å². The van der Waals surface area contributed by atoms with E-state index in [1.54, 1.807) is 0 Å². The molecule has 1 unspecified atom stereocenters. The minimum absolute atomic E-state index is 0.0146. The Morgan fingerprint density at radius 2 is 1.02 bits per heavy atom. The zero-order chi connectivity index (χ0) is 40.4. The number of esters is 1. The van der Waals surface area contributed by atoms with Gasteiger partial charge in [-0.1, -0.05) is 54.6 Å². The maximum Gasteiger partial charge on any atom is 0.480 e. The van der Waals surface area contributed by atoms with E-state index in [4.69, 9.17) is 0 Å². The van der Waals surface area contributed by atoms with Crippen LogP contribution >= 0.6 is 0 Å². The van der Waals surface area contributed by atoms with Crippen molar-refractivity contribution in [3.05, 3.63) is 95.1 Å². The summed E-state index contributed by atoms with van der Waals surface area (Å²) < 4.78 is 194. The van der Waals surface area contributed by atoms with Crippen molar-refractivity contribution in [1.82, 2.24) is 9.21 Å². The zero-order valence-electron chi connectivity index (χ0n) is 27.1. The number of alkyl halides is 9. The predicted octanol–water partition coefficient (Wildman–Crippen LogP) is 5.41. The van der Waals surface area contributed by atoms with Crippen LogP contribution in [0.2, 0.25) is 0 Å². The van der Waals surface area contributed by atoms with E-state index in [1.807, 2.05) is 0 Å². The number of carbonyl (C=O) groups is 1. The van der Waals surface area contributed by atoms with Gasteiger partial charge in [0.05, 0.1) is 17.5 Å². The molecule has 0 aromatic heterocycles. The molecule has 2 heterocycles. The number of ether oxygens (including phenoxy) is 1. The third-order valence-corrected chi connectivity index (χ3v) is 15.0. The fraction of sp³-hybridized carbons (Fsp3) is 0.367. The third kappa shape index (κ3) is 8.53. The van der Waals surface area contributed by atoms with Crippen LogP contribution in [0, 0.1) is 0 Å².